The van der Waals surface area contributed by atoms with Crippen LogP contribution in [0.1, 0.15) is 6.92 Å². The van der Waals surface area contributed by atoms with Gasteiger partial charge in [-0.1, -0.05) is 24.3 Å². The van der Waals surface area contributed by atoms with Crippen molar-refractivity contribution in [2.24, 2.45) is 5.92 Å². The minimum atomic E-state index is 0.0833. The summed E-state index contributed by atoms with van der Waals surface area (Å²) in [5.41, 5.74) is 0. The number of ether oxygens (including phenoxy) is 1. The molecule has 0 amide bonds. The molecule has 0 atom stereocenters. The highest BCUT2D eigenvalue weighted by atomic mass is 16.5. The molecule has 1 rings (SSSR count). The van der Waals surface area contributed by atoms with E-state index in [4.69, 9.17) is 10.1 Å². The Bertz CT molecular complexity index is 170. The van der Waals surface area contributed by atoms with E-state index in [-0.39, 0.29) is 5.92 Å². The molecule has 0 radical (unpaired) electrons. The standard InChI is InChI=1S/C8H11NO/c1-2-10-8(9)7-5-3-4-6-7/h3-7,9H,2H2,1H3. The monoisotopic (exact) mass is 137 g/mol. The van der Waals surface area contributed by atoms with Crippen molar-refractivity contribution in [3.05, 3.63) is 24.3 Å². The summed E-state index contributed by atoms with van der Waals surface area (Å²) < 4.78 is 5.01. The molecular weight excluding hydrogens is 126 g/mol. The SMILES string of the molecule is CCOC(=N)C1C=CC=C1. The van der Waals surface area contributed by atoms with Crippen molar-refractivity contribution in [3.63, 3.8) is 0 Å². The molecule has 0 aliphatic heterocycles. The maximum Gasteiger partial charge on any atom is 0.191 e. The first-order valence-electron chi connectivity index (χ1n) is 3.41. The maximum atomic E-state index is 7.36. The molecule has 1 aliphatic carbocycles. The van der Waals surface area contributed by atoms with Crippen LogP contribution >= 0.6 is 0 Å². The minimum Gasteiger partial charge on any atom is -0.481 e. The number of rotatable bonds is 2. The molecule has 54 valence electrons. The van der Waals surface area contributed by atoms with Gasteiger partial charge in [-0.25, -0.2) is 0 Å². The van der Waals surface area contributed by atoms with Crippen LogP contribution < -0.4 is 0 Å². The van der Waals surface area contributed by atoms with Crippen LogP contribution in [0, 0.1) is 11.3 Å². The summed E-state index contributed by atoms with van der Waals surface area (Å²) in [4.78, 5) is 0. The van der Waals surface area contributed by atoms with Crippen LogP contribution in [0.3, 0.4) is 0 Å². The van der Waals surface area contributed by atoms with E-state index in [2.05, 4.69) is 0 Å². The first-order valence-corrected chi connectivity index (χ1v) is 3.41. The van der Waals surface area contributed by atoms with Gasteiger partial charge >= 0.3 is 0 Å². The maximum absolute atomic E-state index is 7.36. The molecule has 0 bridgehead atoms. The number of nitrogens with one attached hydrogen (secondary N) is 1. The first-order chi connectivity index (χ1) is 4.84. The summed E-state index contributed by atoms with van der Waals surface area (Å²) in [6.45, 7) is 2.47. The largest absolute Gasteiger partial charge is 0.481 e. The van der Waals surface area contributed by atoms with Gasteiger partial charge in [-0.15, -0.1) is 0 Å². The highest BCUT2D eigenvalue weighted by Gasteiger charge is 2.09. The second-order valence-electron chi connectivity index (χ2n) is 2.09. The van der Waals surface area contributed by atoms with Crippen LogP contribution in [-0.2, 0) is 4.74 Å². The average Bonchev–Trinajstić information content (AvgIpc) is 2.38. The van der Waals surface area contributed by atoms with Gasteiger partial charge in [-0.05, 0) is 6.92 Å². The lowest BCUT2D eigenvalue weighted by Gasteiger charge is -2.06. The van der Waals surface area contributed by atoms with E-state index >= 15 is 0 Å². The van der Waals surface area contributed by atoms with E-state index in [0.717, 1.165) is 0 Å². The van der Waals surface area contributed by atoms with Crippen molar-refractivity contribution in [2.45, 2.75) is 6.92 Å². The van der Waals surface area contributed by atoms with E-state index in [1.54, 1.807) is 0 Å². The van der Waals surface area contributed by atoms with Crippen molar-refractivity contribution in [3.8, 4) is 0 Å². The Hall–Kier alpha value is -1.05. The van der Waals surface area contributed by atoms with Gasteiger partial charge in [-0.2, -0.15) is 0 Å². The zero-order valence-electron chi connectivity index (χ0n) is 6.00. The summed E-state index contributed by atoms with van der Waals surface area (Å²) in [5.74, 6) is 0.424. The van der Waals surface area contributed by atoms with Crippen LogP contribution in [0.2, 0.25) is 0 Å². The zero-order chi connectivity index (χ0) is 7.40. The predicted molar refractivity (Wildman–Crippen MR) is 41.1 cm³/mol. The summed E-state index contributed by atoms with van der Waals surface area (Å²) in [7, 11) is 0. The summed E-state index contributed by atoms with van der Waals surface area (Å²) in [6, 6.07) is 0. The summed E-state index contributed by atoms with van der Waals surface area (Å²) in [5, 5.41) is 7.36. The third-order valence-electron chi connectivity index (χ3n) is 1.35. The minimum absolute atomic E-state index is 0.0833. The fraction of sp³-hybridized carbons (Fsp3) is 0.375. The normalized spacial score (nSPS) is 16.1. The van der Waals surface area contributed by atoms with Crippen molar-refractivity contribution in [1.29, 1.82) is 5.41 Å². The van der Waals surface area contributed by atoms with E-state index < -0.39 is 0 Å². The fourth-order valence-corrected chi connectivity index (χ4v) is 0.858. The van der Waals surface area contributed by atoms with Crippen LogP contribution in [0.4, 0.5) is 0 Å². The van der Waals surface area contributed by atoms with Crippen molar-refractivity contribution >= 4 is 5.90 Å². The summed E-state index contributed by atoms with van der Waals surface area (Å²) >= 11 is 0. The molecule has 2 heteroatoms. The van der Waals surface area contributed by atoms with E-state index in [0.29, 0.717) is 12.5 Å². The highest BCUT2D eigenvalue weighted by Crippen LogP contribution is 2.10. The molecule has 0 saturated carbocycles. The van der Waals surface area contributed by atoms with E-state index in [1.807, 2.05) is 31.2 Å². The Morgan fingerprint density at radius 2 is 2.10 bits per heavy atom. The quantitative estimate of drug-likeness (QED) is 0.456. The lowest BCUT2D eigenvalue weighted by molar-refractivity contribution is 0.310. The van der Waals surface area contributed by atoms with Gasteiger partial charge in [0.1, 0.15) is 0 Å². The van der Waals surface area contributed by atoms with Crippen molar-refractivity contribution in [1.82, 2.24) is 0 Å². The van der Waals surface area contributed by atoms with Gasteiger partial charge < -0.3 is 4.74 Å². The molecule has 2 nitrogen and oxygen atoms in total. The van der Waals surface area contributed by atoms with E-state index in [1.165, 1.54) is 0 Å². The van der Waals surface area contributed by atoms with Crippen LogP contribution in [0.15, 0.2) is 24.3 Å². The molecule has 0 spiro atoms. The van der Waals surface area contributed by atoms with Gasteiger partial charge in [-0.3, -0.25) is 5.41 Å². The second kappa shape index (κ2) is 3.20. The average molecular weight is 137 g/mol. The van der Waals surface area contributed by atoms with Gasteiger partial charge in [0.05, 0.1) is 12.5 Å². The Kier molecular flexibility index (Phi) is 2.26. The third-order valence-corrected chi connectivity index (χ3v) is 1.35. The molecule has 1 aliphatic rings. The Morgan fingerprint density at radius 1 is 1.50 bits per heavy atom. The van der Waals surface area contributed by atoms with Crippen molar-refractivity contribution < 1.29 is 4.74 Å². The van der Waals surface area contributed by atoms with Gasteiger partial charge in [0.2, 0.25) is 0 Å². The lowest BCUT2D eigenvalue weighted by atomic mass is 10.2. The predicted octanol–water partition coefficient (Wildman–Crippen LogP) is 1.74. The first kappa shape index (κ1) is 7.06. The van der Waals surface area contributed by atoms with E-state index in [9.17, 15) is 0 Å². The molecule has 1 N–H and O–H groups in total. The molecule has 0 fully saturated rings. The summed E-state index contributed by atoms with van der Waals surface area (Å²) in [6.07, 6.45) is 7.74. The molecule has 0 heterocycles. The highest BCUT2D eigenvalue weighted by molar-refractivity contribution is 5.80. The number of allylic oxidation sites excluding steroid dienone is 2. The molecule has 0 aromatic heterocycles. The van der Waals surface area contributed by atoms with Crippen LogP contribution in [0.5, 0.6) is 0 Å². The van der Waals surface area contributed by atoms with Crippen molar-refractivity contribution in [2.75, 3.05) is 6.61 Å². The smallest absolute Gasteiger partial charge is 0.191 e. The number of hydrogen-bond acceptors (Lipinski definition) is 2. The van der Waals surface area contributed by atoms with Crippen LogP contribution in [-0.4, -0.2) is 12.5 Å². The molecule has 0 aromatic carbocycles. The number of hydrogen-bond donors (Lipinski definition) is 1. The fourth-order valence-electron chi connectivity index (χ4n) is 0.858. The molecule has 0 unspecified atom stereocenters. The second-order valence-corrected chi connectivity index (χ2v) is 2.09. The Balaban J connectivity index is 2.42. The van der Waals surface area contributed by atoms with Gasteiger partial charge in [0, 0.05) is 0 Å². The molecule has 0 aromatic rings. The Labute approximate surface area is 60.7 Å². The van der Waals surface area contributed by atoms with Crippen LogP contribution in [0.25, 0.3) is 0 Å². The molecule has 0 saturated heterocycles. The Morgan fingerprint density at radius 3 is 2.60 bits per heavy atom. The van der Waals surface area contributed by atoms with Gasteiger partial charge in [0.25, 0.3) is 0 Å². The zero-order valence-corrected chi connectivity index (χ0v) is 6.00. The topological polar surface area (TPSA) is 33.1 Å². The molecular formula is C8H11NO. The van der Waals surface area contributed by atoms with Gasteiger partial charge in [0.15, 0.2) is 5.90 Å². The lowest BCUT2D eigenvalue weighted by Crippen LogP contribution is -2.11. The third kappa shape index (κ3) is 1.47. The molecule has 10 heavy (non-hydrogen) atoms.